The second-order valence-electron chi connectivity index (χ2n) is 14.3. The Morgan fingerprint density at radius 1 is 0.811 bits per heavy atom. The standard InChI is InChI=1S/C30H50B2O5/c1-27(2,33)29(5,6)36-31-21-15-20(16-22(18-21)32-37-30(7,8)28(3,4)34)19-13-14-26-24(17-19)23-11-9-10-12-25(23)35-26/h10,12,19-23,25,33-34H,9,11,13-18H2,1-8H3. The van der Waals surface area contributed by atoms with Crippen molar-refractivity contribution in [2.75, 3.05) is 0 Å². The summed E-state index contributed by atoms with van der Waals surface area (Å²) >= 11 is 0. The molecule has 1 aliphatic heterocycles. The van der Waals surface area contributed by atoms with Gasteiger partial charge in [0.1, 0.15) is 6.10 Å². The topological polar surface area (TPSA) is 68.2 Å². The first-order valence-electron chi connectivity index (χ1n) is 14.6. The van der Waals surface area contributed by atoms with Gasteiger partial charge in [-0.15, -0.1) is 0 Å². The van der Waals surface area contributed by atoms with Crippen molar-refractivity contribution in [2.45, 2.75) is 147 Å². The SMILES string of the molecule is CC(C)(O)C(C)(C)O[B]C1CC([B]OC(C)(C)C(C)(C)O)CC(C2CCC3=C(C2)C2CCC=CC2O3)C1. The minimum absolute atomic E-state index is 0.265. The largest absolute Gasteiger partial charge is 0.490 e. The van der Waals surface area contributed by atoms with E-state index in [0.29, 0.717) is 17.8 Å². The first-order chi connectivity index (χ1) is 17.1. The smallest absolute Gasteiger partial charge is 0.296 e. The van der Waals surface area contributed by atoms with E-state index in [-0.39, 0.29) is 17.7 Å². The Kier molecular flexibility index (Phi) is 8.43. The zero-order valence-electron chi connectivity index (χ0n) is 24.5. The molecule has 206 valence electrons. The van der Waals surface area contributed by atoms with Crippen molar-refractivity contribution in [2.24, 2.45) is 17.8 Å². The molecule has 5 nitrogen and oxygen atoms in total. The van der Waals surface area contributed by atoms with Gasteiger partial charge in [0.25, 0.3) is 15.0 Å². The normalized spacial score (nSPS) is 33.0. The molecule has 1 fully saturated rings. The van der Waals surface area contributed by atoms with Gasteiger partial charge < -0.3 is 24.3 Å². The van der Waals surface area contributed by atoms with Gasteiger partial charge in [-0.3, -0.25) is 0 Å². The lowest BCUT2D eigenvalue weighted by atomic mass is 9.54. The molecule has 0 aromatic carbocycles. The fourth-order valence-electron chi connectivity index (χ4n) is 6.22. The molecule has 2 radical (unpaired) electrons. The van der Waals surface area contributed by atoms with Crippen LogP contribution in [0.15, 0.2) is 23.5 Å². The maximum atomic E-state index is 10.6. The molecule has 1 saturated carbocycles. The average molecular weight is 512 g/mol. The highest BCUT2D eigenvalue weighted by molar-refractivity contribution is 6.32. The van der Waals surface area contributed by atoms with Crippen LogP contribution in [0.1, 0.15) is 107 Å². The van der Waals surface area contributed by atoms with Crippen molar-refractivity contribution in [1.82, 2.24) is 0 Å². The average Bonchev–Trinajstić information content (AvgIpc) is 3.18. The Morgan fingerprint density at radius 3 is 1.92 bits per heavy atom. The van der Waals surface area contributed by atoms with Crippen LogP contribution in [-0.4, -0.2) is 53.7 Å². The highest BCUT2D eigenvalue weighted by atomic mass is 16.5. The second kappa shape index (κ2) is 10.7. The molecule has 0 aromatic heterocycles. The van der Waals surface area contributed by atoms with Gasteiger partial charge in [0.05, 0.1) is 28.2 Å². The van der Waals surface area contributed by atoms with E-state index in [4.69, 9.17) is 14.0 Å². The minimum atomic E-state index is -0.942. The Bertz CT molecular complexity index is 828. The predicted octanol–water partition coefficient (Wildman–Crippen LogP) is 6.15. The molecule has 0 spiro atoms. The molecular formula is C30H50B2O5. The van der Waals surface area contributed by atoms with E-state index < -0.39 is 22.4 Å². The number of hydrogen-bond acceptors (Lipinski definition) is 5. The fraction of sp³-hybridized carbons (Fsp3) is 0.867. The van der Waals surface area contributed by atoms with Crippen molar-refractivity contribution < 1.29 is 24.3 Å². The van der Waals surface area contributed by atoms with Gasteiger partial charge in [-0.1, -0.05) is 25.3 Å². The first-order valence-corrected chi connectivity index (χ1v) is 14.6. The molecule has 0 aromatic rings. The Labute approximate surface area is 227 Å². The van der Waals surface area contributed by atoms with E-state index in [0.717, 1.165) is 38.5 Å². The summed E-state index contributed by atoms with van der Waals surface area (Å²) in [5, 5.41) is 21.2. The van der Waals surface area contributed by atoms with Crippen LogP contribution >= 0.6 is 0 Å². The molecule has 0 bridgehead atoms. The molecule has 3 aliphatic carbocycles. The third-order valence-corrected chi connectivity index (χ3v) is 10.2. The van der Waals surface area contributed by atoms with Gasteiger partial charge in [0, 0.05) is 12.3 Å². The number of fused-ring (bicyclic) bond motifs is 2. The summed E-state index contributed by atoms with van der Waals surface area (Å²) in [5.41, 5.74) is -1.64. The maximum Gasteiger partial charge on any atom is 0.296 e. The van der Waals surface area contributed by atoms with E-state index in [1.54, 1.807) is 33.3 Å². The van der Waals surface area contributed by atoms with Crippen LogP contribution in [0.3, 0.4) is 0 Å². The van der Waals surface area contributed by atoms with Gasteiger partial charge in [-0.25, -0.2) is 0 Å². The quantitative estimate of drug-likeness (QED) is 0.287. The van der Waals surface area contributed by atoms with Crippen molar-refractivity contribution in [1.29, 1.82) is 0 Å². The molecule has 7 heteroatoms. The van der Waals surface area contributed by atoms with Crippen molar-refractivity contribution in [3.8, 4) is 0 Å². The Balaban J connectivity index is 1.45. The summed E-state index contributed by atoms with van der Waals surface area (Å²) in [5.74, 6) is 3.65. The van der Waals surface area contributed by atoms with E-state index in [1.807, 2.05) is 42.7 Å². The summed E-state index contributed by atoms with van der Waals surface area (Å²) in [6.07, 6.45) is 13.7. The highest BCUT2D eigenvalue weighted by Crippen LogP contribution is 2.52. The van der Waals surface area contributed by atoms with E-state index in [2.05, 4.69) is 12.2 Å². The molecule has 4 rings (SSSR count). The van der Waals surface area contributed by atoms with E-state index >= 15 is 0 Å². The summed E-state index contributed by atoms with van der Waals surface area (Å²) < 4.78 is 18.9. The minimum Gasteiger partial charge on any atom is -0.490 e. The lowest BCUT2D eigenvalue weighted by Crippen LogP contribution is -2.49. The predicted molar refractivity (Wildman–Crippen MR) is 150 cm³/mol. The third kappa shape index (κ3) is 6.53. The summed E-state index contributed by atoms with van der Waals surface area (Å²) in [6, 6.07) is 0. The van der Waals surface area contributed by atoms with Crippen LogP contribution in [-0.2, 0) is 14.0 Å². The van der Waals surface area contributed by atoms with E-state index in [1.165, 1.54) is 18.6 Å². The highest BCUT2D eigenvalue weighted by Gasteiger charge is 2.44. The molecule has 37 heavy (non-hydrogen) atoms. The van der Waals surface area contributed by atoms with Crippen LogP contribution in [0.5, 0.6) is 0 Å². The van der Waals surface area contributed by atoms with Crippen LogP contribution in [0.25, 0.3) is 0 Å². The van der Waals surface area contributed by atoms with Gasteiger partial charge in [0.2, 0.25) is 0 Å². The van der Waals surface area contributed by atoms with E-state index in [9.17, 15) is 10.2 Å². The molecule has 5 unspecified atom stereocenters. The number of aliphatic hydroxyl groups is 2. The van der Waals surface area contributed by atoms with Crippen LogP contribution in [0.4, 0.5) is 0 Å². The van der Waals surface area contributed by atoms with Crippen LogP contribution in [0.2, 0.25) is 11.6 Å². The van der Waals surface area contributed by atoms with Gasteiger partial charge in [0.15, 0.2) is 0 Å². The Morgan fingerprint density at radius 2 is 1.38 bits per heavy atom. The van der Waals surface area contributed by atoms with Crippen LogP contribution in [0, 0.1) is 17.8 Å². The third-order valence-electron chi connectivity index (χ3n) is 10.2. The first kappa shape index (κ1) is 29.2. The molecule has 0 saturated heterocycles. The molecule has 1 heterocycles. The number of allylic oxidation sites excluding steroid dienone is 2. The van der Waals surface area contributed by atoms with Gasteiger partial charge in [-0.05, 0) is 116 Å². The molecule has 0 amide bonds. The molecule has 2 N–H and O–H groups in total. The monoisotopic (exact) mass is 512 g/mol. The zero-order chi connectivity index (χ0) is 27.2. The lowest BCUT2D eigenvalue weighted by Gasteiger charge is -2.43. The molecule has 5 atom stereocenters. The number of ether oxygens (including phenoxy) is 1. The molecule has 4 aliphatic rings. The maximum absolute atomic E-state index is 10.6. The second-order valence-corrected chi connectivity index (χ2v) is 14.3. The summed E-state index contributed by atoms with van der Waals surface area (Å²) in [7, 11) is 4.00. The number of rotatable bonds is 9. The Hall–Kier alpha value is -0.750. The van der Waals surface area contributed by atoms with Crippen molar-refractivity contribution in [3.05, 3.63) is 23.5 Å². The van der Waals surface area contributed by atoms with Crippen LogP contribution < -0.4 is 0 Å². The van der Waals surface area contributed by atoms with Gasteiger partial charge >= 0.3 is 0 Å². The van der Waals surface area contributed by atoms with Gasteiger partial charge in [-0.2, -0.15) is 0 Å². The van der Waals surface area contributed by atoms with Crippen molar-refractivity contribution >= 4 is 15.0 Å². The van der Waals surface area contributed by atoms with Crippen molar-refractivity contribution in [3.63, 3.8) is 0 Å². The lowest BCUT2D eigenvalue weighted by molar-refractivity contribution is -0.0925. The zero-order valence-corrected chi connectivity index (χ0v) is 24.5. The summed E-state index contributed by atoms with van der Waals surface area (Å²) in [4.78, 5) is 0. The number of hydrogen-bond donors (Lipinski definition) is 2. The molecular weight excluding hydrogens is 462 g/mol. The summed E-state index contributed by atoms with van der Waals surface area (Å²) in [6.45, 7) is 15.0. The fourth-order valence-corrected chi connectivity index (χ4v) is 6.22.